The highest BCUT2D eigenvalue weighted by atomic mass is 16.5. The van der Waals surface area contributed by atoms with Crippen molar-refractivity contribution < 1.29 is 19.4 Å². The molecular weight excluding hydrogens is 354 g/mol. The number of ether oxygens (including phenoxy) is 1. The molecule has 28 heavy (non-hydrogen) atoms. The number of carbonyl (C=O) groups is 2. The highest BCUT2D eigenvalue weighted by Gasteiger charge is 2.22. The highest BCUT2D eigenvalue weighted by molar-refractivity contribution is 6.04. The molecule has 2 aromatic carbocycles. The quantitative estimate of drug-likeness (QED) is 0.698. The lowest BCUT2D eigenvalue weighted by Crippen LogP contribution is -2.32. The van der Waals surface area contributed by atoms with Crippen molar-refractivity contribution in [3.8, 4) is 11.1 Å². The van der Waals surface area contributed by atoms with E-state index in [1.165, 1.54) is 19.3 Å². The number of carboxylic acid groups (broad SMARTS) is 1. The van der Waals surface area contributed by atoms with Crippen molar-refractivity contribution in [3.63, 3.8) is 0 Å². The van der Waals surface area contributed by atoms with E-state index in [0.29, 0.717) is 35.8 Å². The summed E-state index contributed by atoms with van der Waals surface area (Å²) in [6.45, 7) is 3.13. The van der Waals surface area contributed by atoms with E-state index in [4.69, 9.17) is 4.74 Å². The fraction of sp³-hybridized carbons (Fsp3) is 0.391. The molecule has 0 bridgehead atoms. The van der Waals surface area contributed by atoms with Crippen LogP contribution in [0.2, 0.25) is 0 Å². The summed E-state index contributed by atoms with van der Waals surface area (Å²) in [5.74, 6) is -0.672. The molecule has 5 nitrogen and oxygen atoms in total. The number of rotatable bonds is 7. The van der Waals surface area contributed by atoms with Crippen LogP contribution in [0.5, 0.6) is 0 Å². The number of amides is 1. The van der Waals surface area contributed by atoms with Crippen LogP contribution in [-0.4, -0.2) is 36.2 Å². The molecule has 2 unspecified atom stereocenters. The fourth-order valence-corrected chi connectivity index (χ4v) is 3.82. The first-order valence-electron chi connectivity index (χ1n) is 9.89. The summed E-state index contributed by atoms with van der Waals surface area (Å²) in [6, 6.07) is 13.8. The average Bonchev–Trinajstić information content (AvgIpc) is 2.72. The normalized spacial score (nSPS) is 19.2. The lowest BCUT2D eigenvalue weighted by molar-refractivity contribution is -0.00293. The third-order valence-corrected chi connectivity index (χ3v) is 5.37. The van der Waals surface area contributed by atoms with Crippen LogP contribution >= 0.6 is 0 Å². The van der Waals surface area contributed by atoms with E-state index in [2.05, 4.69) is 12.2 Å². The number of carboxylic acids is 1. The first-order valence-corrected chi connectivity index (χ1v) is 9.89. The molecule has 0 aromatic heterocycles. The average molecular weight is 381 g/mol. The maximum absolute atomic E-state index is 12.7. The van der Waals surface area contributed by atoms with Crippen LogP contribution in [0.3, 0.4) is 0 Å². The van der Waals surface area contributed by atoms with Gasteiger partial charge in [0.05, 0.1) is 18.3 Å². The minimum atomic E-state index is -1.01. The van der Waals surface area contributed by atoms with E-state index in [1.807, 2.05) is 0 Å². The van der Waals surface area contributed by atoms with Gasteiger partial charge in [0.15, 0.2) is 0 Å². The third kappa shape index (κ3) is 4.78. The standard InChI is InChI=1S/C23H27NO4/c1-16-8-2-7-13-21(16)28-15-14-24-22(25)19-11-5-3-9-17(19)18-10-4-6-12-20(18)23(26)27/h3-6,9-12,16,21H,2,7-8,13-15H2,1H3,(H,24,25)(H,26,27). The Morgan fingerprint density at radius 3 is 2.29 bits per heavy atom. The van der Waals surface area contributed by atoms with Crippen molar-refractivity contribution in [2.45, 2.75) is 38.7 Å². The van der Waals surface area contributed by atoms with Gasteiger partial charge in [-0.25, -0.2) is 4.79 Å². The molecule has 5 heteroatoms. The van der Waals surface area contributed by atoms with Gasteiger partial charge in [-0.1, -0.05) is 56.2 Å². The molecule has 0 saturated heterocycles. The first kappa shape index (κ1) is 20.1. The summed E-state index contributed by atoms with van der Waals surface area (Å²) >= 11 is 0. The molecule has 1 saturated carbocycles. The molecule has 1 aliphatic carbocycles. The topological polar surface area (TPSA) is 75.6 Å². The van der Waals surface area contributed by atoms with Gasteiger partial charge in [-0.05, 0) is 42.0 Å². The van der Waals surface area contributed by atoms with Crippen LogP contribution in [0.4, 0.5) is 0 Å². The van der Waals surface area contributed by atoms with Gasteiger partial charge in [-0.3, -0.25) is 4.79 Å². The van der Waals surface area contributed by atoms with E-state index in [1.54, 1.807) is 48.5 Å². The van der Waals surface area contributed by atoms with Gasteiger partial charge in [0, 0.05) is 12.1 Å². The van der Waals surface area contributed by atoms with E-state index in [0.717, 1.165) is 6.42 Å². The van der Waals surface area contributed by atoms with Gasteiger partial charge < -0.3 is 15.2 Å². The lowest BCUT2D eigenvalue weighted by atomic mass is 9.88. The Morgan fingerprint density at radius 1 is 1.00 bits per heavy atom. The number of carbonyl (C=O) groups excluding carboxylic acids is 1. The Hall–Kier alpha value is -2.66. The molecule has 148 valence electrons. The largest absolute Gasteiger partial charge is 0.478 e. The van der Waals surface area contributed by atoms with E-state index < -0.39 is 5.97 Å². The monoisotopic (exact) mass is 381 g/mol. The molecule has 0 radical (unpaired) electrons. The first-order chi connectivity index (χ1) is 13.6. The molecule has 1 fully saturated rings. The number of hydrogen-bond acceptors (Lipinski definition) is 3. The van der Waals surface area contributed by atoms with Gasteiger partial charge in [0.25, 0.3) is 5.91 Å². The second kappa shape index (κ2) is 9.51. The van der Waals surface area contributed by atoms with Crippen LogP contribution in [0.1, 0.15) is 53.3 Å². The van der Waals surface area contributed by atoms with E-state index >= 15 is 0 Å². The van der Waals surface area contributed by atoms with Crippen molar-refractivity contribution in [2.75, 3.05) is 13.2 Å². The molecule has 0 aliphatic heterocycles. The predicted molar refractivity (Wildman–Crippen MR) is 109 cm³/mol. The second-order valence-corrected chi connectivity index (χ2v) is 7.32. The van der Waals surface area contributed by atoms with Crippen molar-refractivity contribution >= 4 is 11.9 Å². The zero-order valence-corrected chi connectivity index (χ0v) is 16.2. The lowest BCUT2D eigenvalue weighted by Gasteiger charge is -2.28. The van der Waals surface area contributed by atoms with Crippen molar-refractivity contribution in [2.24, 2.45) is 5.92 Å². The molecule has 0 heterocycles. The zero-order chi connectivity index (χ0) is 19.9. The van der Waals surface area contributed by atoms with E-state index in [-0.39, 0.29) is 17.6 Å². The minimum Gasteiger partial charge on any atom is -0.478 e. The summed E-state index contributed by atoms with van der Waals surface area (Å²) in [7, 11) is 0. The SMILES string of the molecule is CC1CCCCC1OCCNC(=O)c1ccccc1-c1ccccc1C(=O)O. The van der Waals surface area contributed by atoms with Gasteiger partial charge >= 0.3 is 5.97 Å². The molecule has 1 aliphatic rings. The minimum absolute atomic E-state index is 0.178. The van der Waals surface area contributed by atoms with Gasteiger partial charge in [-0.15, -0.1) is 0 Å². The summed E-state index contributed by atoms with van der Waals surface area (Å²) in [6.07, 6.45) is 5.04. The highest BCUT2D eigenvalue weighted by Crippen LogP contribution is 2.28. The fourth-order valence-electron chi connectivity index (χ4n) is 3.82. The predicted octanol–water partition coefficient (Wildman–Crippen LogP) is 4.38. The van der Waals surface area contributed by atoms with Crippen LogP contribution in [0.25, 0.3) is 11.1 Å². The Balaban J connectivity index is 1.66. The second-order valence-electron chi connectivity index (χ2n) is 7.32. The van der Waals surface area contributed by atoms with Crippen molar-refractivity contribution in [3.05, 3.63) is 59.7 Å². The van der Waals surface area contributed by atoms with Crippen LogP contribution < -0.4 is 5.32 Å². The summed E-state index contributed by atoms with van der Waals surface area (Å²) in [5.41, 5.74) is 1.78. The van der Waals surface area contributed by atoms with Crippen molar-refractivity contribution in [1.29, 1.82) is 0 Å². The number of benzene rings is 2. The van der Waals surface area contributed by atoms with Crippen LogP contribution in [-0.2, 0) is 4.74 Å². The molecule has 3 rings (SSSR count). The summed E-state index contributed by atoms with van der Waals surface area (Å²) < 4.78 is 5.95. The number of aromatic carboxylic acids is 1. The molecule has 1 amide bonds. The Kier molecular flexibility index (Phi) is 6.82. The molecule has 0 spiro atoms. The molecule has 2 atom stereocenters. The maximum atomic E-state index is 12.7. The molecular formula is C23H27NO4. The number of hydrogen-bond donors (Lipinski definition) is 2. The zero-order valence-electron chi connectivity index (χ0n) is 16.2. The summed E-state index contributed by atoms with van der Waals surface area (Å²) in [5, 5.41) is 12.4. The Labute approximate surface area is 165 Å². The molecule has 2 aromatic rings. The van der Waals surface area contributed by atoms with Gasteiger partial charge in [-0.2, -0.15) is 0 Å². The number of nitrogens with one attached hydrogen (secondary N) is 1. The van der Waals surface area contributed by atoms with E-state index in [9.17, 15) is 14.7 Å². The maximum Gasteiger partial charge on any atom is 0.336 e. The Morgan fingerprint density at radius 2 is 1.61 bits per heavy atom. The van der Waals surface area contributed by atoms with Crippen LogP contribution in [0, 0.1) is 5.92 Å². The van der Waals surface area contributed by atoms with Gasteiger partial charge in [0.2, 0.25) is 0 Å². The third-order valence-electron chi connectivity index (χ3n) is 5.37. The summed E-state index contributed by atoms with van der Waals surface area (Å²) in [4.78, 5) is 24.3. The van der Waals surface area contributed by atoms with Crippen molar-refractivity contribution in [1.82, 2.24) is 5.32 Å². The van der Waals surface area contributed by atoms with Gasteiger partial charge in [0.1, 0.15) is 0 Å². The smallest absolute Gasteiger partial charge is 0.336 e. The molecule has 2 N–H and O–H groups in total. The Bertz CT molecular complexity index is 833. The van der Waals surface area contributed by atoms with Crippen LogP contribution in [0.15, 0.2) is 48.5 Å².